The summed E-state index contributed by atoms with van der Waals surface area (Å²) in [7, 11) is 0. The summed E-state index contributed by atoms with van der Waals surface area (Å²) in [6.07, 6.45) is 8.67. The highest BCUT2D eigenvalue weighted by atomic mass is 32.2. The molecule has 0 radical (unpaired) electrons. The van der Waals surface area contributed by atoms with Crippen LogP contribution < -0.4 is 5.56 Å². The standard InChI is InChI=1S/C17H21N3O2S/c1-23-16-12(10-18)9-13(15(21)19-16)17(22)20-8-4-7-14(20)11-5-2-3-6-11/h9,11,14H,2-8H2,1H3,(H,19,21)/t14-/m1/s1. The van der Waals surface area contributed by atoms with Crippen LogP contribution in [0.1, 0.15) is 54.4 Å². The summed E-state index contributed by atoms with van der Waals surface area (Å²) in [5.74, 6) is 0.353. The van der Waals surface area contributed by atoms with Gasteiger partial charge in [0.05, 0.1) is 10.6 Å². The monoisotopic (exact) mass is 331 g/mol. The molecule has 1 aliphatic heterocycles. The van der Waals surface area contributed by atoms with Crippen molar-refractivity contribution in [3.05, 3.63) is 27.5 Å². The Morgan fingerprint density at radius 3 is 2.74 bits per heavy atom. The summed E-state index contributed by atoms with van der Waals surface area (Å²) in [4.78, 5) is 29.7. The number of carbonyl (C=O) groups is 1. The zero-order chi connectivity index (χ0) is 16.4. The van der Waals surface area contributed by atoms with Gasteiger partial charge in [-0.1, -0.05) is 12.8 Å². The molecule has 0 bridgehead atoms. The van der Waals surface area contributed by atoms with Gasteiger partial charge >= 0.3 is 0 Å². The number of rotatable bonds is 3. The van der Waals surface area contributed by atoms with Crippen molar-refractivity contribution in [1.82, 2.24) is 9.88 Å². The summed E-state index contributed by atoms with van der Waals surface area (Å²) in [5.41, 5.74) is 0.0664. The molecule has 2 fully saturated rings. The number of pyridine rings is 1. The predicted octanol–water partition coefficient (Wildman–Crippen LogP) is 2.76. The van der Waals surface area contributed by atoms with E-state index in [9.17, 15) is 14.9 Å². The van der Waals surface area contributed by atoms with Crippen LogP contribution in [-0.4, -0.2) is 34.6 Å². The number of H-pyrrole nitrogens is 1. The molecule has 0 aromatic carbocycles. The number of aromatic nitrogens is 1. The van der Waals surface area contributed by atoms with E-state index in [1.54, 1.807) is 6.26 Å². The second-order valence-corrected chi connectivity index (χ2v) is 7.14. The van der Waals surface area contributed by atoms with Gasteiger partial charge in [0.2, 0.25) is 0 Å². The van der Waals surface area contributed by atoms with Gasteiger partial charge < -0.3 is 9.88 Å². The summed E-state index contributed by atoms with van der Waals surface area (Å²) in [5, 5.41) is 9.74. The molecule has 0 unspecified atom stereocenters. The molecule has 1 amide bonds. The fraction of sp³-hybridized carbons (Fsp3) is 0.588. The molecule has 1 aromatic rings. The van der Waals surface area contributed by atoms with Crippen LogP contribution in [0.3, 0.4) is 0 Å². The third-order valence-electron chi connectivity index (χ3n) is 5.06. The number of hydrogen-bond acceptors (Lipinski definition) is 4. The van der Waals surface area contributed by atoms with Crippen molar-refractivity contribution in [2.45, 2.75) is 49.6 Å². The lowest BCUT2D eigenvalue weighted by Crippen LogP contribution is -2.41. The Kier molecular flexibility index (Phi) is 4.76. The van der Waals surface area contributed by atoms with E-state index < -0.39 is 5.56 Å². The Balaban J connectivity index is 1.90. The highest BCUT2D eigenvalue weighted by molar-refractivity contribution is 7.98. The van der Waals surface area contributed by atoms with Crippen LogP contribution in [0.2, 0.25) is 0 Å². The minimum Gasteiger partial charge on any atom is -0.335 e. The molecule has 23 heavy (non-hydrogen) atoms. The van der Waals surface area contributed by atoms with E-state index in [0.717, 1.165) is 12.8 Å². The second kappa shape index (κ2) is 6.79. The van der Waals surface area contributed by atoms with Gasteiger partial charge in [-0.3, -0.25) is 9.59 Å². The molecule has 3 rings (SSSR count). The third-order valence-corrected chi connectivity index (χ3v) is 5.79. The van der Waals surface area contributed by atoms with E-state index >= 15 is 0 Å². The van der Waals surface area contributed by atoms with E-state index in [0.29, 0.717) is 23.1 Å². The topological polar surface area (TPSA) is 77.0 Å². The number of aromatic amines is 1. The summed E-state index contributed by atoms with van der Waals surface area (Å²) >= 11 is 1.30. The van der Waals surface area contributed by atoms with E-state index in [1.807, 2.05) is 4.90 Å². The van der Waals surface area contributed by atoms with Gasteiger partial charge in [-0.2, -0.15) is 5.26 Å². The molecule has 1 aromatic heterocycles. The largest absolute Gasteiger partial charge is 0.335 e. The first-order valence-electron chi connectivity index (χ1n) is 8.18. The lowest BCUT2D eigenvalue weighted by molar-refractivity contribution is 0.0687. The van der Waals surface area contributed by atoms with Gasteiger partial charge in [-0.15, -0.1) is 11.8 Å². The molecular weight excluding hydrogens is 310 g/mol. The SMILES string of the molecule is CSc1[nH]c(=O)c(C(=O)N2CCC[C@@H]2C2CCCC2)cc1C#N. The van der Waals surface area contributed by atoms with E-state index in [1.165, 1.54) is 43.5 Å². The quantitative estimate of drug-likeness (QED) is 0.864. The van der Waals surface area contributed by atoms with Gasteiger partial charge in [0.1, 0.15) is 11.6 Å². The first kappa shape index (κ1) is 16.1. The maximum Gasteiger partial charge on any atom is 0.261 e. The molecule has 1 atom stereocenters. The first-order valence-corrected chi connectivity index (χ1v) is 9.40. The Morgan fingerprint density at radius 2 is 2.09 bits per heavy atom. The lowest BCUT2D eigenvalue weighted by Gasteiger charge is -2.29. The molecule has 2 aliphatic rings. The molecular formula is C17H21N3O2S. The molecule has 1 saturated heterocycles. The Hall–Kier alpha value is -1.74. The van der Waals surface area contributed by atoms with Crippen LogP contribution in [0.4, 0.5) is 0 Å². The fourth-order valence-electron chi connectivity index (χ4n) is 3.95. The van der Waals surface area contributed by atoms with E-state index in [2.05, 4.69) is 11.1 Å². The first-order chi connectivity index (χ1) is 11.2. The van der Waals surface area contributed by atoms with Crippen LogP contribution in [0.5, 0.6) is 0 Å². The van der Waals surface area contributed by atoms with Gasteiger partial charge in [-0.05, 0) is 43.9 Å². The van der Waals surface area contributed by atoms with Crippen molar-refractivity contribution in [3.63, 3.8) is 0 Å². The van der Waals surface area contributed by atoms with Crippen LogP contribution in [-0.2, 0) is 0 Å². The smallest absolute Gasteiger partial charge is 0.261 e. The van der Waals surface area contributed by atoms with Crippen LogP contribution in [0, 0.1) is 17.2 Å². The van der Waals surface area contributed by atoms with Crippen molar-refractivity contribution >= 4 is 17.7 Å². The van der Waals surface area contributed by atoms with Crippen molar-refractivity contribution in [2.75, 3.05) is 12.8 Å². The summed E-state index contributed by atoms with van der Waals surface area (Å²) in [6.45, 7) is 0.714. The minimum absolute atomic E-state index is 0.101. The van der Waals surface area contributed by atoms with Crippen molar-refractivity contribution in [3.8, 4) is 6.07 Å². The third kappa shape index (κ3) is 3.02. The highest BCUT2D eigenvalue weighted by Crippen LogP contribution is 2.35. The van der Waals surface area contributed by atoms with Crippen molar-refractivity contribution < 1.29 is 4.79 Å². The predicted molar refractivity (Wildman–Crippen MR) is 89.6 cm³/mol. The molecule has 1 N–H and O–H groups in total. The Morgan fingerprint density at radius 1 is 1.35 bits per heavy atom. The average Bonchev–Trinajstić information content (AvgIpc) is 3.24. The Bertz CT molecular complexity index is 701. The van der Waals surface area contributed by atoms with Crippen LogP contribution >= 0.6 is 11.8 Å². The fourth-order valence-corrected chi connectivity index (χ4v) is 4.47. The molecule has 6 heteroatoms. The average molecular weight is 331 g/mol. The Labute approximate surface area is 140 Å². The van der Waals surface area contributed by atoms with E-state index in [4.69, 9.17) is 0 Å². The zero-order valence-corrected chi connectivity index (χ0v) is 14.1. The van der Waals surface area contributed by atoms with Crippen molar-refractivity contribution in [1.29, 1.82) is 5.26 Å². The number of nitrogens with one attached hydrogen (secondary N) is 1. The van der Waals surface area contributed by atoms with Gasteiger partial charge in [0, 0.05) is 12.6 Å². The molecule has 5 nitrogen and oxygen atoms in total. The number of amides is 1. The molecule has 2 heterocycles. The minimum atomic E-state index is -0.393. The van der Waals surface area contributed by atoms with Gasteiger partial charge in [0.25, 0.3) is 11.5 Å². The number of hydrogen-bond donors (Lipinski definition) is 1. The van der Waals surface area contributed by atoms with Gasteiger partial charge in [0.15, 0.2) is 0 Å². The number of likely N-dealkylation sites (tertiary alicyclic amines) is 1. The number of carbonyl (C=O) groups excluding carboxylic acids is 1. The van der Waals surface area contributed by atoms with Gasteiger partial charge in [-0.25, -0.2) is 0 Å². The van der Waals surface area contributed by atoms with Crippen LogP contribution in [0.25, 0.3) is 0 Å². The number of thioether (sulfide) groups is 1. The summed E-state index contributed by atoms with van der Waals surface area (Å²) < 4.78 is 0. The zero-order valence-electron chi connectivity index (χ0n) is 13.3. The van der Waals surface area contributed by atoms with E-state index in [-0.39, 0.29) is 17.5 Å². The lowest BCUT2D eigenvalue weighted by atomic mass is 9.95. The molecule has 1 aliphatic carbocycles. The highest BCUT2D eigenvalue weighted by Gasteiger charge is 2.37. The second-order valence-electron chi connectivity index (χ2n) is 6.32. The van der Waals surface area contributed by atoms with Crippen molar-refractivity contribution in [2.24, 2.45) is 5.92 Å². The number of nitrogens with zero attached hydrogens (tertiary/aromatic N) is 2. The maximum absolute atomic E-state index is 12.9. The maximum atomic E-state index is 12.9. The normalized spacial score (nSPS) is 21.6. The number of nitriles is 1. The summed E-state index contributed by atoms with van der Waals surface area (Å²) in [6, 6.07) is 3.78. The molecule has 1 saturated carbocycles. The molecule has 122 valence electrons. The molecule has 0 spiro atoms. The van der Waals surface area contributed by atoms with Crippen LogP contribution in [0.15, 0.2) is 15.9 Å².